The lowest BCUT2D eigenvalue weighted by Crippen LogP contribution is -2.61. The van der Waals surface area contributed by atoms with Gasteiger partial charge in [-0.2, -0.15) is 0 Å². The maximum Gasteiger partial charge on any atom is 0.245 e. The van der Waals surface area contributed by atoms with Gasteiger partial charge < -0.3 is 68.4 Å². The van der Waals surface area contributed by atoms with Crippen molar-refractivity contribution in [3.8, 4) is 11.1 Å². The molecule has 25 nitrogen and oxygen atoms in total. The van der Waals surface area contributed by atoms with Crippen LogP contribution in [-0.2, 0) is 83.2 Å². The number of benzene rings is 5. The number of H-pyrrole nitrogens is 1. The predicted octanol–water partition coefficient (Wildman–Crippen LogP) is 4.02. The van der Waals surface area contributed by atoms with E-state index in [0.29, 0.717) is 22.3 Å². The van der Waals surface area contributed by atoms with Gasteiger partial charge in [0.05, 0.1) is 18.8 Å². The molecular weight excluding hydrogens is 1330 g/mol. The Morgan fingerprint density at radius 3 is 1.53 bits per heavy atom. The van der Waals surface area contributed by atoms with Crippen LogP contribution in [0.1, 0.15) is 90.5 Å². The van der Waals surface area contributed by atoms with Gasteiger partial charge in [-0.1, -0.05) is 189 Å². The number of likely N-dealkylation sites (N-methyl/N-ethyl adjacent to an activating group) is 2. The summed E-state index contributed by atoms with van der Waals surface area (Å²) in [4.78, 5) is 179. The molecule has 550 valence electrons. The van der Waals surface area contributed by atoms with Gasteiger partial charge in [-0.05, 0) is 76.0 Å². The first-order valence-corrected chi connectivity index (χ1v) is 36.0. The second-order valence-electron chi connectivity index (χ2n) is 27.8. The van der Waals surface area contributed by atoms with Gasteiger partial charge in [-0.3, -0.25) is 57.5 Å². The number of carbonyl (C=O) groups is 12. The lowest BCUT2D eigenvalue weighted by Gasteiger charge is -2.34. The average molecular weight is 1430 g/mol. The second-order valence-corrected chi connectivity index (χ2v) is 28.8. The van der Waals surface area contributed by atoms with Gasteiger partial charge >= 0.3 is 0 Å². The second kappa shape index (κ2) is 38.6. The van der Waals surface area contributed by atoms with Crippen molar-refractivity contribution in [1.82, 2.24) is 62.6 Å². The lowest BCUT2D eigenvalue weighted by atomic mass is 9.97. The number of nitrogens with two attached hydrogens (primary N) is 1. The van der Waals surface area contributed by atoms with E-state index in [0.717, 1.165) is 38.7 Å². The van der Waals surface area contributed by atoms with Crippen molar-refractivity contribution in [3.63, 3.8) is 0 Å². The van der Waals surface area contributed by atoms with Gasteiger partial charge in [0.25, 0.3) is 0 Å². The third-order valence-electron chi connectivity index (χ3n) is 17.8. The van der Waals surface area contributed by atoms with Crippen molar-refractivity contribution in [2.45, 2.75) is 148 Å². The minimum Gasteiger partial charge on any atom is -0.368 e. The predicted molar refractivity (Wildman–Crippen MR) is 396 cm³/mol. The van der Waals surface area contributed by atoms with Gasteiger partial charge in [0.15, 0.2) is 0 Å². The number of rotatable bonds is 16. The summed E-state index contributed by atoms with van der Waals surface area (Å²) in [6.45, 7) is 12.8. The Bertz CT molecular complexity index is 3910. The van der Waals surface area contributed by atoms with Gasteiger partial charge in [0.2, 0.25) is 70.9 Å². The number of aromatic amines is 1. The zero-order valence-corrected chi connectivity index (χ0v) is 61.0. The van der Waals surface area contributed by atoms with Crippen LogP contribution in [0.15, 0.2) is 146 Å². The van der Waals surface area contributed by atoms with Crippen molar-refractivity contribution in [3.05, 3.63) is 168 Å². The monoisotopic (exact) mass is 1430 g/mol. The lowest BCUT2D eigenvalue weighted by molar-refractivity contribution is -0.143. The molecule has 1 fully saturated rings. The summed E-state index contributed by atoms with van der Waals surface area (Å²) >= 11 is 0.928. The van der Waals surface area contributed by atoms with Crippen LogP contribution in [0.5, 0.6) is 0 Å². The summed E-state index contributed by atoms with van der Waals surface area (Å²) in [5.74, 6) is -11.3. The molecule has 26 heteroatoms. The molecule has 0 aliphatic carbocycles. The Kier molecular flexibility index (Phi) is 30.0. The summed E-state index contributed by atoms with van der Waals surface area (Å²) in [5, 5.41) is 25.7. The van der Waals surface area contributed by atoms with Crippen LogP contribution in [0, 0.1) is 23.7 Å². The molecule has 1 saturated heterocycles. The Hall–Kier alpha value is -10.4. The van der Waals surface area contributed by atoms with E-state index in [1.165, 1.54) is 19.0 Å². The molecule has 103 heavy (non-hydrogen) atoms. The highest BCUT2D eigenvalue weighted by atomic mass is 32.2. The zero-order valence-electron chi connectivity index (χ0n) is 60.2. The number of amides is 12. The third kappa shape index (κ3) is 24.1. The summed E-state index contributed by atoms with van der Waals surface area (Å²) in [7, 11) is 2.74. The highest BCUT2D eigenvalue weighted by Gasteiger charge is 2.39. The maximum absolute atomic E-state index is 15.1. The summed E-state index contributed by atoms with van der Waals surface area (Å²) in [6, 6.07) is 30.1. The Labute approximate surface area is 606 Å². The Morgan fingerprint density at radius 2 is 0.942 bits per heavy atom. The van der Waals surface area contributed by atoms with Crippen molar-refractivity contribution < 1.29 is 57.5 Å². The first-order valence-electron chi connectivity index (χ1n) is 34.9. The first-order chi connectivity index (χ1) is 49.0. The SMILES string of the molecule is CC(C)C[C@@H]1NC(=O)[C@H](Cc2ccccc2)NC(=O)CSC[C@@H](C(N)=O)NC(=O)[C@H](C(C)C)NC(=O)[C@H](Cc2ccccc2)N(C)C(=O)[C@H](CC(C)C)NC(=O)[C@H](Cc2c[nH]c3ccccc23)NC(=O)CN(C)C(=O)CNC(=O)[C@H](C(C)C)NC(=O)[C@H](Cc2ccc(-c3ccccc3)cc2)NC1=O. The van der Waals surface area contributed by atoms with Crippen molar-refractivity contribution in [2.24, 2.45) is 29.4 Å². The van der Waals surface area contributed by atoms with E-state index < -0.39 is 150 Å². The van der Waals surface area contributed by atoms with Crippen LogP contribution in [0.2, 0.25) is 0 Å². The molecule has 7 rings (SSSR count). The van der Waals surface area contributed by atoms with E-state index >= 15 is 4.79 Å². The number of primary amides is 1. The first kappa shape index (κ1) is 79.9. The van der Waals surface area contributed by atoms with Gasteiger partial charge in [0, 0.05) is 62.6 Å². The zero-order chi connectivity index (χ0) is 75.0. The van der Waals surface area contributed by atoms with Crippen LogP contribution in [0.25, 0.3) is 22.0 Å². The fourth-order valence-electron chi connectivity index (χ4n) is 12.0. The van der Waals surface area contributed by atoms with E-state index in [2.05, 4.69) is 52.8 Å². The molecule has 9 atom stereocenters. The van der Waals surface area contributed by atoms with E-state index in [9.17, 15) is 52.7 Å². The van der Waals surface area contributed by atoms with E-state index in [1.807, 2.05) is 107 Å². The molecule has 0 spiro atoms. The number of thioether (sulfide) groups is 1. The number of nitrogens with zero attached hydrogens (tertiary/aromatic N) is 2. The quantitative estimate of drug-likeness (QED) is 0.0653. The Morgan fingerprint density at radius 1 is 0.476 bits per heavy atom. The molecule has 2 heterocycles. The number of fused-ring (bicyclic) bond motifs is 1. The molecule has 5 aromatic carbocycles. The van der Waals surface area contributed by atoms with Crippen LogP contribution in [0.4, 0.5) is 0 Å². The fourth-order valence-corrected chi connectivity index (χ4v) is 12.9. The maximum atomic E-state index is 15.1. The van der Waals surface area contributed by atoms with Crippen LogP contribution in [0.3, 0.4) is 0 Å². The molecule has 0 saturated carbocycles. The van der Waals surface area contributed by atoms with E-state index in [1.54, 1.807) is 94.6 Å². The molecule has 0 bridgehead atoms. The van der Waals surface area contributed by atoms with E-state index in [4.69, 9.17) is 5.73 Å². The molecule has 0 unspecified atom stereocenters. The van der Waals surface area contributed by atoms with Crippen LogP contribution in [-0.4, -0.2) is 179 Å². The van der Waals surface area contributed by atoms with Gasteiger partial charge in [-0.25, -0.2) is 0 Å². The molecule has 1 aromatic heterocycles. The van der Waals surface area contributed by atoms with Gasteiger partial charge in [0.1, 0.15) is 54.4 Å². The van der Waals surface area contributed by atoms with Crippen molar-refractivity contribution in [2.75, 3.05) is 38.7 Å². The standard InChI is InChI=1S/C77H99N13O12S/c1-45(2)34-57-70(95)84-59(37-51-30-32-53(33-31-51)52-26-18-13-19-27-52)73(98)87-67(47(5)6)75(100)80-41-66(93)89(9)42-64(91)81-60(39-54-40-79-56-29-21-20-28-55(54)56)72(97)85-61(35-46(3)4)77(102)90(10)63(38-50-24-16-12-17-25-50)74(99)88-68(48(7)8)76(101)86-62(69(78)94)43-103-44-65(92)82-58(71(96)83-57)36-49-22-14-11-15-23-49/h11-33,40,45-48,57-63,67-68,79H,34-39,41-44H2,1-10H3,(H2,78,94)(H,80,100)(H,81,91)(H,82,92)(H,83,96)(H,84,95)(H,85,97)(H,86,101)(H,87,98)(H,88,99)/t57-,58-,59-,60-,61-,62-,63-,67-,68-/m0/s1. The summed E-state index contributed by atoms with van der Waals surface area (Å²) in [5.41, 5.74) is 11.0. The minimum absolute atomic E-state index is 0.0277. The molecule has 12 amide bonds. The fraction of sp³-hybridized carbons (Fsp3) is 0.429. The highest BCUT2D eigenvalue weighted by molar-refractivity contribution is 8.00. The number of para-hydroxylation sites is 1. The molecule has 6 aromatic rings. The third-order valence-corrected chi connectivity index (χ3v) is 18.8. The number of hydrogen-bond acceptors (Lipinski definition) is 13. The molecule has 12 N–H and O–H groups in total. The number of hydrogen-bond donors (Lipinski definition) is 11. The van der Waals surface area contributed by atoms with Crippen LogP contribution >= 0.6 is 11.8 Å². The minimum atomic E-state index is -1.38. The van der Waals surface area contributed by atoms with Crippen LogP contribution < -0.4 is 53.6 Å². The van der Waals surface area contributed by atoms with Gasteiger partial charge in [-0.15, -0.1) is 11.8 Å². The molecule has 1 aliphatic heterocycles. The summed E-state index contributed by atoms with van der Waals surface area (Å²) in [6.07, 6.45) is 1.60. The Balaban J connectivity index is 1.23. The smallest absolute Gasteiger partial charge is 0.245 e. The number of carbonyl (C=O) groups excluding carboxylic acids is 12. The number of nitrogens with one attached hydrogen (secondary N) is 10. The molecule has 0 radical (unpaired) electrons. The topological polar surface area (TPSA) is 361 Å². The van der Waals surface area contributed by atoms with Crippen molar-refractivity contribution >= 4 is 93.6 Å². The largest absolute Gasteiger partial charge is 0.368 e. The van der Waals surface area contributed by atoms with E-state index in [-0.39, 0.29) is 61.9 Å². The molecule has 1 aliphatic rings. The normalized spacial score (nSPS) is 22.3. The average Bonchev–Trinajstić information content (AvgIpc) is 1.82. The highest BCUT2D eigenvalue weighted by Crippen LogP contribution is 2.23. The number of aromatic nitrogens is 1. The molecular formula is C77H99N13O12S. The van der Waals surface area contributed by atoms with Crippen molar-refractivity contribution in [1.29, 1.82) is 0 Å². The summed E-state index contributed by atoms with van der Waals surface area (Å²) < 4.78 is 0.